The van der Waals surface area contributed by atoms with Crippen LogP contribution in [-0.4, -0.2) is 13.0 Å². The van der Waals surface area contributed by atoms with Gasteiger partial charge in [0, 0.05) is 15.7 Å². The number of hydrogen-bond donors (Lipinski definition) is 1. The lowest BCUT2D eigenvalue weighted by Gasteiger charge is -2.10. The Bertz CT molecular complexity index is 611. The molecule has 0 aliphatic carbocycles. The fraction of sp³-hybridized carbons (Fsp3) is 0.133. The maximum atomic E-state index is 12.1. The van der Waals surface area contributed by atoms with Crippen LogP contribution in [0.4, 0.5) is 5.69 Å². The maximum absolute atomic E-state index is 12.1. The molecule has 2 aromatic rings. The second-order valence-corrected chi connectivity index (χ2v) is 5.06. The molecule has 2 aromatic carbocycles. The minimum atomic E-state index is -0.130. The second kappa shape index (κ2) is 5.89. The van der Waals surface area contributed by atoms with Gasteiger partial charge in [-0.1, -0.05) is 22.0 Å². The normalized spacial score (nSPS) is 10.1. The van der Waals surface area contributed by atoms with Gasteiger partial charge in [0.15, 0.2) is 0 Å². The van der Waals surface area contributed by atoms with E-state index >= 15 is 0 Å². The van der Waals surface area contributed by atoms with E-state index in [1.165, 1.54) is 0 Å². The molecule has 2 rings (SSSR count). The zero-order valence-corrected chi connectivity index (χ0v) is 12.3. The van der Waals surface area contributed by atoms with Crippen molar-refractivity contribution in [2.24, 2.45) is 0 Å². The Kier molecular flexibility index (Phi) is 4.22. The predicted octanol–water partition coefficient (Wildman–Crippen LogP) is 4.02. The van der Waals surface area contributed by atoms with Crippen molar-refractivity contribution >= 4 is 27.5 Å². The van der Waals surface area contributed by atoms with Gasteiger partial charge in [-0.15, -0.1) is 0 Å². The molecule has 0 aliphatic heterocycles. The van der Waals surface area contributed by atoms with Gasteiger partial charge in [0.2, 0.25) is 0 Å². The topological polar surface area (TPSA) is 38.3 Å². The van der Waals surface area contributed by atoms with Gasteiger partial charge in [-0.3, -0.25) is 4.79 Å². The summed E-state index contributed by atoms with van der Waals surface area (Å²) in [5, 5.41) is 2.89. The first kappa shape index (κ1) is 13.6. The smallest absolute Gasteiger partial charge is 0.255 e. The molecule has 0 atom stereocenters. The molecule has 0 radical (unpaired) electrons. The van der Waals surface area contributed by atoms with Gasteiger partial charge in [-0.25, -0.2) is 0 Å². The van der Waals surface area contributed by atoms with Crippen LogP contribution in [0.2, 0.25) is 0 Å². The Morgan fingerprint density at radius 1 is 1.21 bits per heavy atom. The van der Waals surface area contributed by atoms with Crippen molar-refractivity contribution in [3.8, 4) is 5.75 Å². The lowest BCUT2D eigenvalue weighted by molar-refractivity contribution is 0.102. The number of halogens is 1. The lowest BCUT2D eigenvalue weighted by Crippen LogP contribution is -2.12. The summed E-state index contributed by atoms with van der Waals surface area (Å²) in [5.41, 5.74) is 2.36. The summed E-state index contributed by atoms with van der Waals surface area (Å²) in [6, 6.07) is 12.8. The van der Waals surface area contributed by atoms with Crippen LogP contribution in [-0.2, 0) is 0 Å². The highest BCUT2D eigenvalue weighted by atomic mass is 79.9. The van der Waals surface area contributed by atoms with Crippen LogP contribution in [0.3, 0.4) is 0 Å². The number of nitrogens with one attached hydrogen (secondary N) is 1. The highest BCUT2D eigenvalue weighted by Crippen LogP contribution is 2.22. The number of amides is 1. The monoisotopic (exact) mass is 319 g/mol. The van der Waals surface area contributed by atoms with Crippen molar-refractivity contribution in [1.82, 2.24) is 0 Å². The van der Waals surface area contributed by atoms with Crippen molar-refractivity contribution in [1.29, 1.82) is 0 Å². The Morgan fingerprint density at radius 2 is 2.00 bits per heavy atom. The first-order chi connectivity index (χ1) is 9.10. The summed E-state index contributed by atoms with van der Waals surface area (Å²) >= 11 is 3.35. The predicted molar refractivity (Wildman–Crippen MR) is 79.8 cm³/mol. The van der Waals surface area contributed by atoms with E-state index in [0.717, 1.165) is 21.5 Å². The second-order valence-electron chi connectivity index (χ2n) is 4.15. The third kappa shape index (κ3) is 3.35. The number of rotatable bonds is 3. The molecule has 0 aromatic heterocycles. The van der Waals surface area contributed by atoms with Crippen molar-refractivity contribution in [2.75, 3.05) is 12.4 Å². The number of ether oxygens (including phenoxy) is 1. The van der Waals surface area contributed by atoms with E-state index in [1.54, 1.807) is 19.2 Å². The Hall–Kier alpha value is -1.81. The number of aryl methyl sites for hydroxylation is 1. The van der Waals surface area contributed by atoms with Gasteiger partial charge in [-0.2, -0.15) is 0 Å². The summed E-state index contributed by atoms with van der Waals surface area (Å²) in [6.07, 6.45) is 0. The van der Waals surface area contributed by atoms with Crippen LogP contribution in [0, 0.1) is 6.92 Å². The first-order valence-corrected chi connectivity index (χ1v) is 6.61. The van der Waals surface area contributed by atoms with E-state index in [-0.39, 0.29) is 5.91 Å². The summed E-state index contributed by atoms with van der Waals surface area (Å²) in [7, 11) is 1.62. The number of carbonyl (C=O) groups is 1. The van der Waals surface area contributed by atoms with E-state index in [9.17, 15) is 4.79 Å². The SMILES string of the molecule is COc1ccc(NC(=O)c2cccc(Br)c2)c(C)c1. The van der Waals surface area contributed by atoms with E-state index in [2.05, 4.69) is 21.2 Å². The number of carbonyl (C=O) groups excluding carboxylic acids is 1. The molecule has 0 saturated heterocycles. The third-order valence-corrected chi connectivity index (χ3v) is 3.26. The molecule has 0 fully saturated rings. The largest absolute Gasteiger partial charge is 0.497 e. The molecule has 0 bridgehead atoms. The quantitative estimate of drug-likeness (QED) is 0.928. The molecule has 0 heterocycles. The molecular formula is C15H14BrNO2. The van der Waals surface area contributed by atoms with Crippen molar-refractivity contribution in [3.63, 3.8) is 0 Å². The Labute approximate surface area is 120 Å². The minimum Gasteiger partial charge on any atom is -0.497 e. The maximum Gasteiger partial charge on any atom is 0.255 e. The number of hydrogen-bond acceptors (Lipinski definition) is 2. The van der Waals surface area contributed by atoms with Crippen LogP contribution < -0.4 is 10.1 Å². The van der Waals surface area contributed by atoms with Gasteiger partial charge in [0.25, 0.3) is 5.91 Å². The van der Waals surface area contributed by atoms with Crippen molar-refractivity contribution in [3.05, 3.63) is 58.1 Å². The molecular weight excluding hydrogens is 306 g/mol. The third-order valence-electron chi connectivity index (χ3n) is 2.77. The van der Waals surface area contributed by atoms with E-state index in [1.807, 2.05) is 37.3 Å². The number of anilines is 1. The highest BCUT2D eigenvalue weighted by molar-refractivity contribution is 9.10. The van der Waals surface area contributed by atoms with Gasteiger partial charge in [-0.05, 0) is 48.9 Å². The van der Waals surface area contributed by atoms with Gasteiger partial charge in [0.1, 0.15) is 5.75 Å². The van der Waals surface area contributed by atoms with Crippen LogP contribution in [0.25, 0.3) is 0 Å². The van der Waals surface area contributed by atoms with E-state index in [4.69, 9.17) is 4.74 Å². The molecule has 1 amide bonds. The van der Waals surface area contributed by atoms with Crippen LogP contribution in [0.15, 0.2) is 46.9 Å². The Morgan fingerprint density at radius 3 is 2.63 bits per heavy atom. The average molecular weight is 320 g/mol. The zero-order chi connectivity index (χ0) is 13.8. The van der Waals surface area contributed by atoms with Crippen LogP contribution in [0.5, 0.6) is 5.75 Å². The lowest BCUT2D eigenvalue weighted by atomic mass is 10.1. The molecule has 4 heteroatoms. The van der Waals surface area contributed by atoms with Crippen LogP contribution >= 0.6 is 15.9 Å². The molecule has 98 valence electrons. The minimum absolute atomic E-state index is 0.130. The van der Waals surface area contributed by atoms with Gasteiger partial charge >= 0.3 is 0 Å². The standard InChI is InChI=1S/C15H14BrNO2/c1-10-8-13(19-2)6-7-14(10)17-15(18)11-4-3-5-12(16)9-11/h3-9H,1-2H3,(H,17,18). The van der Waals surface area contributed by atoms with E-state index in [0.29, 0.717) is 5.56 Å². The van der Waals surface area contributed by atoms with Crippen molar-refractivity contribution in [2.45, 2.75) is 6.92 Å². The number of methoxy groups -OCH3 is 1. The first-order valence-electron chi connectivity index (χ1n) is 5.81. The molecule has 0 spiro atoms. The summed E-state index contributed by atoms with van der Waals surface area (Å²) in [4.78, 5) is 12.1. The molecule has 19 heavy (non-hydrogen) atoms. The fourth-order valence-corrected chi connectivity index (χ4v) is 2.13. The van der Waals surface area contributed by atoms with Gasteiger partial charge < -0.3 is 10.1 Å². The molecule has 0 aliphatic rings. The molecule has 0 saturated carbocycles. The summed E-state index contributed by atoms with van der Waals surface area (Å²) < 4.78 is 6.02. The molecule has 3 nitrogen and oxygen atoms in total. The summed E-state index contributed by atoms with van der Waals surface area (Å²) in [5.74, 6) is 0.646. The zero-order valence-electron chi connectivity index (χ0n) is 10.7. The highest BCUT2D eigenvalue weighted by Gasteiger charge is 2.08. The number of benzene rings is 2. The van der Waals surface area contributed by atoms with E-state index < -0.39 is 0 Å². The molecule has 1 N–H and O–H groups in total. The average Bonchev–Trinajstić information content (AvgIpc) is 2.41. The summed E-state index contributed by atoms with van der Waals surface area (Å²) in [6.45, 7) is 1.93. The van der Waals surface area contributed by atoms with Gasteiger partial charge in [0.05, 0.1) is 7.11 Å². The fourth-order valence-electron chi connectivity index (χ4n) is 1.73. The Balaban J connectivity index is 2.19. The molecule has 0 unspecified atom stereocenters. The van der Waals surface area contributed by atoms with Crippen molar-refractivity contribution < 1.29 is 9.53 Å². The van der Waals surface area contributed by atoms with Crippen LogP contribution in [0.1, 0.15) is 15.9 Å².